The van der Waals surface area contributed by atoms with Gasteiger partial charge in [0.1, 0.15) is 5.69 Å². The van der Waals surface area contributed by atoms with Crippen LogP contribution in [-0.2, 0) is 0 Å². The number of nitrogens with zero attached hydrogens (tertiary/aromatic N) is 2. The Balaban J connectivity index is 2.11. The van der Waals surface area contributed by atoms with Crippen molar-refractivity contribution in [2.24, 2.45) is 0 Å². The summed E-state index contributed by atoms with van der Waals surface area (Å²) in [6.07, 6.45) is 2.63. The van der Waals surface area contributed by atoms with Gasteiger partial charge in [-0.05, 0) is 24.3 Å². The summed E-state index contributed by atoms with van der Waals surface area (Å²) in [4.78, 5) is 18.0. The van der Waals surface area contributed by atoms with E-state index in [1.807, 2.05) is 16.7 Å². The summed E-state index contributed by atoms with van der Waals surface area (Å²) >= 11 is 1.90. The molecule has 0 unspecified atom stereocenters. The van der Waals surface area contributed by atoms with Gasteiger partial charge in [0.2, 0.25) is 0 Å². The van der Waals surface area contributed by atoms with E-state index in [4.69, 9.17) is 5.73 Å². The number of pyridine rings is 1. The molecule has 0 bridgehead atoms. The fourth-order valence-corrected chi connectivity index (χ4v) is 2.56. The number of anilines is 1. The molecule has 0 radical (unpaired) electrons. The van der Waals surface area contributed by atoms with Gasteiger partial charge in [0.15, 0.2) is 0 Å². The van der Waals surface area contributed by atoms with Gasteiger partial charge in [0, 0.05) is 30.7 Å². The molecule has 1 aromatic heterocycles. The fraction of sp³-hybridized carbons (Fsp3) is 0.455. The van der Waals surface area contributed by atoms with Gasteiger partial charge in [-0.25, -0.2) is 0 Å². The van der Waals surface area contributed by atoms with Gasteiger partial charge >= 0.3 is 0 Å². The number of carbonyl (C=O) groups is 1. The molecule has 16 heavy (non-hydrogen) atoms. The lowest BCUT2D eigenvalue weighted by Crippen LogP contribution is -2.33. The first-order chi connectivity index (χ1) is 7.77. The van der Waals surface area contributed by atoms with Crippen molar-refractivity contribution in [3.8, 4) is 0 Å². The highest BCUT2D eigenvalue weighted by molar-refractivity contribution is 7.99. The van der Waals surface area contributed by atoms with Crippen LogP contribution in [0, 0.1) is 0 Å². The monoisotopic (exact) mass is 237 g/mol. The molecule has 0 aliphatic carbocycles. The molecule has 1 aliphatic rings. The lowest BCUT2D eigenvalue weighted by Gasteiger charge is -2.19. The van der Waals surface area contributed by atoms with Crippen molar-refractivity contribution in [1.82, 2.24) is 9.88 Å². The first-order valence-electron chi connectivity index (χ1n) is 5.36. The highest BCUT2D eigenvalue weighted by atomic mass is 32.2. The highest BCUT2D eigenvalue weighted by Crippen LogP contribution is 2.13. The lowest BCUT2D eigenvalue weighted by atomic mass is 10.2. The normalized spacial score (nSPS) is 16.9. The summed E-state index contributed by atoms with van der Waals surface area (Å²) in [6.45, 7) is 1.63. The predicted octanol–water partition coefficient (Wildman–Crippen LogP) is 1.24. The van der Waals surface area contributed by atoms with Crippen molar-refractivity contribution in [2.45, 2.75) is 6.42 Å². The van der Waals surface area contributed by atoms with Crippen LogP contribution in [0.5, 0.6) is 0 Å². The zero-order chi connectivity index (χ0) is 11.4. The zero-order valence-corrected chi connectivity index (χ0v) is 9.87. The van der Waals surface area contributed by atoms with Crippen molar-refractivity contribution in [3.05, 3.63) is 24.0 Å². The van der Waals surface area contributed by atoms with Crippen LogP contribution in [0.1, 0.15) is 16.9 Å². The molecule has 0 saturated carbocycles. The third-order valence-corrected chi connectivity index (χ3v) is 3.56. The van der Waals surface area contributed by atoms with Crippen LogP contribution >= 0.6 is 11.8 Å². The van der Waals surface area contributed by atoms with Crippen LogP contribution < -0.4 is 5.73 Å². The maximum atomic E-state index is 12.1. The first-order valence-corrected chi connectivity index (χ1v) is 6.51. The van der Waals surface area contributed by atoms with Gasteiger partial charge < -0.3 is 10.6 Å². The molecule has 0 aromatic carbocycles. The molecular weight excluding hydrogens is 222 g/mol. The molecule has 86 valence electrons. The first kappa shape index (κ1) is 11.3. The van der Waals surface area contributed by atoms with E-state index in [2.05, 4.69) is 4.98 Å². The van der Waals surface area contributed by atoms with Crippen molar-refractivity contribution >= 4 is 23.4 Å². The number of nitrogen functional groups attached to an aromatic ring is 1. The molecule has 0 atom stereocenters. The minimum absolute atomic E-state index is 0.00481. The van der Waals surface area contributed by atoms with Crippen LogP contribution in [0.25, 0.3) is 0 Å². The van der Waals surface area contributed by atoms with E-state index in [9.17, 15) is 4.79 Å². The van der Waals surface area contributed by atoms with E-state index < -0.39 is 0 Å². The highest BCUT2D eigenvalue weighted by Gasteiger charge is 2.18. The summed E-state index contributed by atoms with van der Waals surface area (Å²) in [5.74, 6) is 2.14. The second-order valence-electron chi connectivity index (χ2n) is 3.73. The number of carbonyl (C=O) groups excluding carboxylic acids is 1. The van der Waals surface area contributed by atoms with Crippen molar-refractivity contribution in [1.29, 1.82) is 0 Å². The SMILES string of the molecule is Nc1ccnc(C(=O)N2CCCSCC2)c1. The number of amides is 1. The number of hydrogen-bond acceptors (Lipinski definition) is 4. The van der Waals surface area contributed by atoms with Gasteiger partial charge in [-0.3, -0.25) is 9.78 Å². The maximum absolute atomic E-state index is 12.1. The van der Waals surface area contributed by atoms with Crippen LogP contribution in [0.3, 0.4) is 0 Å². The van der Waals surface area contributed by atoms with E-state index in [0.717, 1.165) is 31.0 Å². The molecule has 1 amide bonds. The molecular formula is C11H15N3OS. The van der Waals surface area contributed by atoms with Crippen molar-refractivity contribution in [2.75, 3.05) is 30.3 Å². The van der Waals surface area contributed by atoms with Gasteiger partial charge in [-0.1, -0.05) is 0 Å². The van der Waals surface area contributed by atoms with Crippen LogP contribution in [0.15, 0.2) is 18.3 Å². The molecule has 1 fully saturated rings. The largest absolute Gasteiger partial charge is 0.399 e. The Morgan fingerprint density at radius 2 is 2.31 bits per heavy atom. The topological polar surface area (TPSA) is 59.2 Å². The fourth-order valence-electron chi connectivity index (χ4n) is 1.68. The van der Waals surface area contributed by atoms with Gasteiger partial charge in [0.05, 0.1) is 0 Å². The van der Waals surface area contributed by atoms with Crippen LogP contribution in [0.4, 0.5) is 5.69 Å². The second-order valence-corrected chi connectivity index (χ2v) is 4.96. The Labute approximate surface area is 99.2 Å². The Hall–Kier alpha value is -1.23. The molecule has 2 heterocycles. The van der Waals surface area contributed by atoms with Gasteiger partial charge in [0.25, 0.3) is 5.91 Å². The smallest absolute Gasteiger partial charge is 0.272 e. The Bertz CT molecular complexity index is 375. The number of nitrogens with two attached hydrogens (primary N) is 1. The van der Waals surface area contributed by atoms with Gasteiger partial charge in [-0.15, -0.1) is 0 Å². The maximum Gasteiger partial charge on any atom is 0.272 e. The van der Waals surface area contributed by atoms with E-state index in [-0.39, 0.29) is 5.91 Å². The molecule has 1 aliphatic heterocycles. The van der Waals surface area contributed by atoms with Gasteiger partial charge in [-0.2, -0.15) is 11.8 Å². The average molecular weight is 237 g/mol. The average Bonchev–Trinajstić information content (AvgIpc) is 2.56. The Morgan fingerprint density at radius 3 is 3.12 bits per heavy atom. The Kier molecular flexibility index (Phi) is 3.66. The molecule has 2 rings (SSSR count). The second kappa shape index (κ2) is 5.21. The van der Waals surface area contributed by atoms with Crippen LogP contribution in [-0.4, -0.2) is 40.4 Å². The standard InChI is InChI=1S/C11H15N3OS/c12-9-2-3-13-10(8-9)11(15)14-4-1-6-16-7-5-14/h2-3,8H,1,4-7H2,(H2,12,13). The molecule has 2 N–H and O–H groups in total. The minimum Gasteiger partial charge on any atom is -0.399 e. The summed E-state index contributed by atoms with van der Waals surface area (Å²) in [5.41, 5.74) is 6.68. The molecule has 5 heteroatoms. The molecule has 4 nitrogen and oxygen atoms in total. The quantitative estimate of drug-likeness (QED) is 0.798. The van der Waals surface area contributed by atoms with E-state index >= 15 is 0 Å². The predicted molar refractivity (Wildman–Crippen MR) is 66.5 cm³/mol. The summed E-state index contributed by atoms with van der Waals surface area (Å²) in [7, 11) is 0. The van der Waals surface area contributed by atoms with E-state index in [1.54, 1.807) is 18.3 Å². The van der Waals surface area contributed by atoms with Crippen molar-refractivity contribution in [3.63, 3.8) is 0 Å². The summed E-state index contributed by atoms with van der Waals surface area (Å²) < 4.78 is 0. The number of thioether (sulfide) groups is 1. The van der Waals surface area contributed by atoms with Crippen LogP contribution in [0.2, 0.25) is 0 Å². The zero-order valence-electron chi connectivity index (χ0n) is 9.06. The lowest BCUT2D eigenvalue weighted by molar-refractivity contribution is 0.0763. The molecule has 1 aromatic rings. The number of aromatic nitrogens is 1. The molecule has 1 saturated heterocycles. The Morgan fingerprint density at radius 1 is 1.44 bits per heavy atom. The molecule has 0 spiro atoms. The third-order valence-electron chi connectivity index (χ3n) is 2.51. The number of rotatable bonds is 1. The minimum atomic E-state index is -0.00481. The summed E-state index contributed by atoms with van der Waals surface area (Å²) in [5, 5.41) is 0. The van der Waals surface area contributed by atoms with E-state index in [1.165, 1.54) is 0 Å². The van der Waals surface area contributed by atoms with Crippen molar-refractivity contribution < 1.29 is 4.79 Å². The number of hydrogen-bond donors (Lipinski definition) is 1. The van der Waals surface area contributed by atoms with E-state index in [0.29, 0.717) is 11.4 Å². The third kappa shape index (κ3) is 2.66. The summed E-state index contributed by atoms with van der Waals surface area (Å²) in [6, 6.07) is 3.33.